The quantitative estimate of drug-likeness (QED) is 0.433. The molecule has 0 radical (unpaired) electrons. The Morgan fingerprint density at radius 3 is 2.86 bits per heavy atom. The van der Waals surface area contributed by atoms with Crippen molar-refractivity contribution in [3.8, 4) is 11.4 Å². The molecule has 3 aromatic heterocycles. The third-order valence-electron chi connectivity index (χ3n) is 5.27. The summed E-state index contributed by atoms with van der Waals surface area (Å²) in [5.41, 5.74) is 11.4. The Kier molecular flexibility index (Phi) is 5.16. The monoisotopic (exact) mass is 410 g/mol. The molecule has 0 aliphatic heterocycles. The van der Waals surface area contributed by atoms with E-state index >= 15 is 0 Å². The van der Waals surface area contributed by atoms with Crippen LogP contribution in [0.1, 0.15) is 42.9 Å². The number of nitrogens with two attached hydrogens (primary N) is 1. The lowest BCUT2D eigenvalue weighted by atomic mass is 9.76. The Hall–Kier alpha value is -2.68. The highest BCUT2D eigenvalue weighted by molar-refractivity contribution is 7.98. The van der Waals surface area contributed by atoms with Crippen LogP contribution in [0.5, 0.6) is 0 Å². The van der Waals surface area contributed by atoms with Gasteiger partial charge in [0.15, 0.2) is 5.16 Å². The molecular formula is C20H26N8S. The molecule has 1 aliphatic rings. The number of H-pyrrole nitrogens is 1. The van der Waals surface area contributed by atoms with E-state index in [4.69, 9.17) is 10.7 Å². The van der Waals surface area contributed by atoms with E-state index in [1.807, 2.05) is 19.2 Å². The minimum Gasteiger partial charge on any atom is -0.383 e. The van der Waals surface area contributed by atoms with Gasteiger partial charge in [0.1, 0.15) is 23.2 Å². The number of hydrogen-bond donors (Lipinski definition) is 3. The standard InChI is InChI=1S/C20H26N8S/c1-11-22-9-12(18(21)24-11)10-23-16-7-14(25-19(26-16)29-4)17-13-5-6-20(2,3)8-15(13)27-28-17/h7,9H,5-6,8,10H2,1-4H3,(H,27,28)(H2,21,22,24)(H,23,25,26). The highest BCUT2D eigenvalue weighted by Crippen LogP contribution is 2.37. The average Bonchev–Trinajstić information content (AvgIpc) is 3.08. The molecule has 0 amide bonds. The van der Waals surface area contributed by atoms with E-state index in [9.17, 15) is 0 Å². The second-order valence-electron chi connectivity index (χ2n) is 8.18. The first kappa shape index (κ1) is 19.6. The lowest BCUT2D eigenvalue weighted by Gasteiger charge is -2.29. The summed E-state index contributed by atoms with van der Waals surface area (Å²) in [7, 11) is 0. The van der Waals surface area contributed by atoms with Crippen LogP contribution in [-0.2, 0) is 19.4 Å². The van der Waals surface area contributed by atoms with Crippen molar-refractivity contribution < 1.29 is 0 Å². The highest BCUT2D eigenvalue weighted by atomic mass is 32.2. The first-order chi connectivity index (χ1) is 13.8. The van der Waals surface area contributed by atoms with Crippen LogP contribution < -0.4 is 11.1 Å². The van der Waals surface area contributed by atoms with Crippen LogP contribution in [0.4, 0.5) is 11.6 Å². The van der Waals surface area contributed by atoms with Crippen molar-refractivity contribution in [2.24, 2.45) is 5.41 Å². The number of aromatic nitrogens is 6. The molecule has 1 aliphatic carbocycles. The second-order valence-corrected chi connectivity index (χ2v) is 8.95. The van der Waals surface area contributed by atoms with Gasteiger partial charge in [-0.2, -0.15) is 5.10 Å². The number of thioether (sulfide) groups is 1. The smallest absolute Gasteiger partial charge is 0.189 e. The zero-order valence-electron chi connectivity index (χ0n) is 17.2. The third kappa shape index (κ3) is 4.19. The van der Waals surface area contributed by atoms with Crippen LogP contribution in [0, 0.1) is 12.3 Å². The van der Waals surface area contributed by atoms with E-state index in [1.165, 1.54) is 23.0 Å². The molecule has 0 bridgehead atoms. The lowest BCUT2D eigenvalue weighted by Crippen LogP contribution is -2.22. The van der Waals surface area contributed by atoms with Crippen LogP contribution in [0.3, 0.4) is 0 Å². The molecule has 0 saturated carbocycles. The minimum atomic E-state index is 0.301. The van der Waals surface area contributed by atoms with E-state index < -0.39 is 0 Å². The van der Waals surface area contributed by atoms with Gasteiger partial charge in [0.25, 0.3) is 0 Å². The number of fused-ring (bicyclic) bond motifs is 1. The fraction of sp³-hybridized carbons (Fsp3) is 0.450. The molecule has 9 heteroatoms. The molecule has 0 fully saturated rings. The molecule has 0 spiro atoms. The minimum absolute atomic E-state index is 0.301. The molecule has 0 unspecified atom stereocenters. The van der Waals surface area contributed by atoms with E-state index in [0.29, 0.717) is 28.8 Å². The number of hydrogen-bond acceptors (Lipinski definition) is 8. The second kappa shape index (κ2) is 7.62. The molecule has 0 aromatic carbocycles. The number of nitrogens with zero attached hydrogens (tertiary/aromatic N) is 5. The molecule has 0 saturated heterocycles. The van der Waals surface area contributed by atoms with Crippen LogP contribution >= 0.6 is 11.8 Å². The van der Waals surface area contributed by atoms with E-state index in [-0.39, 0.29) is 0 Å². The molecule has 4 rings (SSSR count). The maximum Gasteiger partial charge on any atom is 0.189 e. The summed E-state index contributed by atoms with van der Waals surface area (Å²) in [4.78, 5) is 17.7. The first-order valence-electron chi connectivity index (χ1n) is 9.66. The predicted molar refractivity (Wildman–Crippen MR) is 116 cm³/mol. The van der Waals surface area contributed by atoms with E-state index in [0.717, 1.165) is 42.0 Å². The van der Waals surface area contributed by atoms with Crippen molar-refractivity contribution >= 4 is 23.4 Å². The Morgan fingerprint density at radius 2 is 2.10 bits per heavy atom. The van der Waals surface area contributed by atoms with Gasteiger partial charge >= 0.3 is 0 Å². The Balaban J connectivity index is 1.62. The summed E-state index contributed by atoms with van der Waals surface area (Å²) in [6.07, 6.45) is 6.87. The fourth-order valence-corrected chi connectivity index (χ4v) is 4.00. The summed E-state index contributed by atoms with van der Waals surface area (Å²) in [5.74, 6) is 1.87. The number of rotatable bonds is 5. The van der Waals surface area contributed by atoms with Gasteiger partial charge < -0.3 is 11.1 Å². The average molecular weight is 411 g/mol. The van der Waals surface area contributed by atoms with Crippen molar-refractivity contribution in [1.29, 1.82) is 0 Å². The maximum absolute atomic E-state index is 6.00. The predicted octanol–water partition coefficient (Wildman–Crippen LogP) is 3.40. The van der Waals surface area contributed by atoms with Crippen LogP contribution in [-0.4, -0.2) is 36.4 Å². The van der Waals surface area contributed by atoms with Gasteiger partial charge in [-0.25, -0.2) is 19.9 Å². The van der Waals surface area contributed by atoms with Crippen molar-refractivity contribution in [2.75, 3.05) is 17.3 Å². The van der Waals surface area contributed by atoms with Crippen molar-refractivity contribution in [1.82, 2.24) is 30.1 Å². The number of nitrogen functional groups attached to an aromatic ring is 1. The van der Waals surface area contributed by atoms with Crippen LogP contribution in [0.15, 0.2) is 17.4 Å². The van der Waals surface area contributed by atoms with Crippen molar-refractivity contribution in [3.05, 3.63) is 34.9 Å². The fourth-order valence-electron chi connectivity index (χ4n) is 3.62. The maximum atomic E-state index is 6.00. The zero-order valence-corrected chi connectivity index (χ0v) is 18.0. The van der Waals surface area contributed by atoms with E-state index in [1.54, 1.807) is 6.20 Å². The molecular weight excluding hydrogens is 384 g/mol. The number of aromatic amines is 1. The first-order valence-corrected chi connectivity index (χ1v) is 10.9. The molecule has 3 aromatic rings. The largest absolute Gasteiger partial charge is 0.383 e. The Bertz CT molecular complexity index is 1040. The SMILES string of the molecule is CSc1nc(NCc2cnc(C)nc2N)cc(-c2n[nH]c3c2CCC(C)(C)C3)n1. The van der Waals surface area contributed by atoms with Crippen LogP contribution in [0.2, 0.25) is 0 Å². The van der Waals surface area contributed by atoms with Gasteiger partial charge in [-0.1, -0.05) is 25.6 Å². The van der Waals surface area contributed by atoms with Gasteiger partial charge in [0.2, 0.25) is 0 Å². The highest BCUT2D eigenvalue weighted by Gasteiger charge is 2.29. The Morgan fingerprint density at radius 1 is 1.28 bits per heavy atom. The molecule has 4 N–H and O–H groups in total. The van der Waals surface area contributed by atoms with Gasteiger partial charge in [-0.05, 0) is 37.9 Å². The summed E-state index contributed by atoms with van der Waals surface area (Å²) in [6, 6.07) is 1.95. The lowest BCUT2D eigenvalue weighted by molar-refractivity contribution is 0.312. The Labute approximate surface area is 174 Å². The summed E-state index contributed by atoms with van der Waals surface area (Å²) < 4.78 is 0. The molecule has 0 atom stereocenters. The molecule has 152 valence electrons. The van der Waals surface area contributed by atoms with E-state index in [2.05, 4.69) is 44.3 Å². The summed E-state index contributed by atoms with van der Waals surface area (Å²) in [6.45, 7) is 6.91. The van der Waals surface area contributed by atoms with Gasteiger partial charge in [-0.3, -0.25) is 5.10 Å². The summed E-state index contributed by atoms with van der Waals surface area (Å²) in [5, 5.41) is 11.9. The van der Waals surface area contributed by atoms with Gasteiger partial charge in [0.05, 0.1) is 5.69 Å². The van der Waals surface area contributed by atoms with Gasteiger partial charge in [-0.15, -0.1) is 0 Å². The topological polar surface area (TPSA) is 118 Å². The molecule has 29 heavy (non-hydrogen) atoms. The van der Waals surface area contributed by atoms with Crippen molar-refractivity contribution in [2.45, 2.75) is 51.7 Å². The molecule has 3 heterocycles. The van der Waals surface area contributed by atoms with Crippen molar-refractivity contribution in [3.63, 3.8) is 0 Å². The molecule has 8 nitrogen and oxygen atoms in total. The number of nitrogens with one attached hydrogen (secondary N) is 2. The third-order valence-corrected chi connectivity index (χ3v) is 5.82. The number of anilines is 2. The normalized spacial score (nSPS) is 15.2. The summed E-state index contributed by atoms with van der Waals surface area (Å²) >= 11 is 1.51. The van der Waals surface area contributed by atoms with Gasteiger partial charge in [0, 0.05) is 35.6 Å². The number of aryl methyl sites for hydroxylation is 1. The zero-order chi connectivity index (χ0) is 20.6. The van der Waals surface area contributed by atoms with Crippen LogP contribution in [0.25, 0.3) is 11.4 Å².